The van der Waals surface area contributed by atoms with E-state index in [0.29, 0.717) is 18.7 Å². The molecule has 3 unspecified atom stereocenters. The Balaban J connectivity index is 1.99. The number of pyridine rings is 1. The van der Waals surface area contributed by atoms with Crippen molar-refractivity contribution >= 4 is 17.0 Å². The van der Waals surface area contributed by atoms with Crippen LogP contribution in [0.1, 0.15) is 44.9 Å². The minimum Gasteiger partial charge on any atom is -0.462 e. The number of aliphatic hydroxyl groups excluding tert-OH is 1. The van der Waals surface area contributed by atoms with Crippen LogP contribution in [0.25, 0.3) is 22.4 Å². The van der Waals surface area contributed by atoms with Crippen LogP contribution in [0.15, 0.2) is 35.3 Å². The standard InChI is InChI=1S/C26H36N4O5/c1-15(2)35-26(33)23(18(5)31)27-12-19-8-9-22-21(11-19)28-24(30(22)17(4)14-34-7)20-10-16(3)25(32)29(6)13-20/h8-11,13,15,17-18,23,27,31H,12,14H2,1-7H3. The molecule has 0 fully saturated rings. The summed E-state index contributed by atoms with van der Waals surface area (Å²) in [4.78, 5) is 29.5. The quantitative estimate of drug-likeness (QED) is 0.426. The van der Waals surface area contributed by atoms with E-state index in [-0.39, 0.29) is 17.7 Å². The lowest BCUT2D eigenvalue weighted by Gasteiger charge is -2.21. The van der Waals surface area contributed by atoms with Gasteiger partial charge in [-0.05, 0) is 58.4 Å². The van der Waals surface area contributed by atoms with E-state index in [1.54, 1.807) is 52.6 Å². The van der Waals surface area contributed by atoms with E-state index in [1.165, 1.54) is 0 Å². The Bertz CT molecular complexity index is 1220. The number of aromatic nitrogens is 3. The van der Waals surface area contributed by atoms with E-state index in [9.17, 15) is 14.7 Å². The summed E-state index contributed by atoms with van der Waals surface area (Å²) < 4.78 is 14.4. The van der Waals surface area contributed by atoms with Gasteiger partial charge in [-0.2, -0.15) is 0 Å². The highest BCUT2D eigenvalue weighted by Gasteiger charge is 2.26. The Hall–Kier alpha value is -3.01. The molecular formula is C26H36N4O5. The number of carbonyl (C=O) groups excluding carboxylic acids is 1. The SMILES string of the molecule is COCC(C)n1c(-c2cc(C)c(=O)n(C)c2)nc2cc(CNC(C(=O)OC(C)C)C(C)O)ccc21. The van der Waals surface area contributed by atoms with Crippen molar-refractivity contribution in [2.45, 2.75) is 65.5 Å². The molecule has 0 saturated carbocycles. The second-order valence-corrected chi connectivity index (χ2v) is 9.35. The van der Waals surface area contributed by atoms with Gasteiger partial charge in [0.05, 0.1) is 35.9 Å². The molecule has 0 aliphatic rings. The third kappa shape index (κ3) is 5.98. The molecule has 1 aromatic carbocycles. The van der Waals surface area contributed by atoms with E-state index in [2.05, 4.69) is 16.8 Å². The Morgan fingerprint density at radius 2 is 1.91 bits per heavy atom. The maximum Gasteiger partial charge on any atom is 0.326 e. The number of esters is 1. The van der Waals surface area contributed by atoms with Crippen LogP contribution in [0.2, 0.25) is 0 Å². The van der Waals surface area contributed by atoms with Crippen LogP contribution < -0.4 is 10.9 Å². The fourth-order valence-corrected chi connectivity index (χ4v) is 4.20. The second kappa shape index (κ2) is 11.2. The lowest BCUT2D eigenvalue weighted by Crippen LogP contribution is -2.46. The molecule has 3 rings (SSSR count). The number of hydrogen-bond acceptors (Lipinski definition) is 7. The topological polar surface area (TPSA) is 108 Å². The van der Waals surface area contributed by atoms with Crippen molar-refractivity contribution in [1.29, 1.82) is 0 Å². The van der Waals surface area contributed by atoms with E-state index < -0.39 is 18.1 Å². The number of carbonyl (C=O) groups is 1. The molecule has 2 heterocycles. The number of aryl methyl sites for hydroxylation is 2. The Labute approximate surface area is 205 Å². The fraction of sp³-hybridized carbons (Fsp3) is 0.500. The first-order valence-corrected chi connectivity index (χ1v) is 11.8. The normalized spacial score (nSPS) is 14.3. The minimum absolute atomic E-state index is 0.00642. The lowest BCUT2D eigenvalue weighted by atomic mass is 10.1. The largest absolute Gasteiger partial charge is 0.462 e. The van der Waals surface area contributed by atoms with Gasteiger partial charge in [0.25, 0.3) is 5.56 Å². The van der Waals surface area contributed by atoms with Crippen molar-refractivity contribution in [3.8, 4) is 11.4 Å². The Morgan fingerprint density at radius 1 is 1.20 bits per heavy atom. The summed E-state index contributed by atoms with van der Waals surface area (Å²) in [5.74, 6) is 0.261. The van der Waals surface area contributed by atoms with E-state index in [4.69, 9.17) is 14.5 Å². The maximum atomic E-state index is 12.4. The number of nitrogens with one attached hydrogen (secondary N) is 1. The summed E-state index contributed by atoms with van der Waals surface area (Å²) in [5, 5.41) is 13.2. The molecule has 190 valence electrons. The van der Waals surface area contributed by atoms with Gasteiger partial charge >= 0.3 is 5.97 Å². The first kappa shape index (κ1) is 26.6. The number of aliphatic hydroxyl groups is 1. The summed E-state index contributed by atoms with van der Waals surface area (Å²) in [6.07, 6.45) is 0.626. The molecule has 2 aromatic heterocycles. The predicted molar refractivity (Wildman–Crippen MR) is 135 cm³/mol. The highest BCUT2D eigenvalue weighted by atomic mass is 16.5. The number of ether oxygens (including phenoxy) is 2. The molecule has 9 heteroatoms. The van der Waals surface area contributed by atoms with Crippen molar-refractivity contribution in [1.82, 2.24) is 19.4 Å². The molecule has 2 N–H and O–H groups in total. The molecule has 0 saturated heterocycles. The molecular weight excluding hydrogens is 448 g/mol. The zero-order valence-electron chi connectivity index (χ0n) is 21.5. The van der Waals surface area contributed by atoms with E-state index in [0.717, 1.165) is 28.0 Å². The smallest absolute Gasteiger partial charge is 0.326 e. The van der Waals surface area contributed by atoms with Gasteiger partial charge in [0.1, 0.15) is 11.9 Å². The first-order chi connectivity index (χ1) is 16.5. The van der Waals surface area contributed by atoms with Crippen molar-refractivity contribution in [3.05, 3.63) is 51.9 Å². The van der Waals surface area contributed by atoms with Crippen LogP contribution in [0, 0.1) is 6.92 Å². The molecule has 9 nitrogen and oxygen atoms in total. The van der Waals surface area contributed by atoms with Gasteiger partial charge in [0.2, 0.25) is 0 Å². The highest BCUT2D eigenvalue weighted by molar-refractivity contribution is 5.81. The summed E-state index contributed by atoms with van der Waals surface area (Å²) >= 11 is 0. The number of methoxy groups -OCH3 is 1. The molecule has 0 bridgehead atoms. The number of imidazole rings is 1. The Kier molecular flexibility index (Phi) is 8.47. The van der Waals surface area contributed by atoms with Crippen LogP contribution in [0.5, 0.6) is 0 Å². The van der Waals surface area contributed by atoms with Gasteiger partial charge in [0.15, 0.2) is 0 Å². The van der Waals surface area contributed by atoms with Crippen LogP contribution in [0.4, 0.5) is 0 Å². The fourth-order valence-electron chi connectivity index (χ4n) is 4.20. The average Bonchev–Trinajstić information content (AvgIpc) is 3.15. The molecule has 0 radical (unpaired) electrons. The van der Waals surface area contributed by atoms with E-state index >= 15 is 0 Å². The van der Waals surface area contributed by atoms with Gasteiger partial charge in [-0.15, -0.1) is 0 Å². The number of hydrogen-bond donors (Lipinski definition) is 2. The first-order valence-electron chi connectivity index (χ1n) is 11.8. The van der Waals surface area contributed by atoms with Crippen molar-refractivity contribution in [2.24, 2.45) is 7.05 Å². The molecule has 0 spiro atoms. The van der Waals surface area contributed by atoms with Crippen molar-refractivity contribution in [3.63, 3.8) is 0 Å². The number of nitrogens with zero attached hydrogens (tertiary/aromatic N) is 3. The summed E-state index contributed by atoms with van der Waals surface area (Å²) in [6, 6.07) is 6.95. The number of benzene rings is 1. The predicted octanol–water partition coefficient (Wildman–Crippen LogP) is 2.71. The van der Waals surface area contributed by atoms with Crippen LogP contribution in [0.3, 0.4) is 0 Å². The maximum absolute atomic E-state index is 12.4. The number of rotatable bonds is 10. The number of fused-ring (bicyclic) bond motifs is 1. The lowest BCUT2D eigenvalue weighted by molar-refractivity contribution is -0.152. The Morgan fingerprint density at radius 3 is 2.51 bits per heavy atom. The van der Waals surface area contributed by atoms with E-state index in [1.807, 2.05) is 24.3 Å². The third-order valence-corrected chi connectivity index (χ3v) is 5.84. The second-order valence-electron chi connectivity index (χ2n) is 9.35. The van der Waals surface area contributed by atoms with Crippen LogP contribution in [-0.4, -0.2) is 57.2 Å². The summed E-state index contributed by atoms with van der Waals surface area (Å²) in [7, 11) is 3.40. The molecule has 3 atom stereocenters. The van der Waals surface area contributed by atoms with Gasteiger partial charge in [-0.3, -0.25) is 14.9 Å². The molecule has 35 heavy (non-hydrogen) atoms. The minimum atomic E-state index is -0.904. The highest BCUT2D eigenvalue weighted by Crippen LogP contribution is 2.29. The molecule has 0 aliphatic carbocycles. The summed E-state index contributed by atoms with van der Waals surface area (Å²) in [5.41, 5.74) is 4.07. The van der Waals surface area contributed by atoms with Gasteiger partial charge in [-0.1, -0.05) is 6.07 Å². The average molecular weight is 485 g/mol. The molecule has 3 aromatic rings. The van der Waals surface area contributed by atoms with Crippen molar-refractivity contribution in [2.75, 3.05) is 13.7 Å². The van der Waals surface area contributed by atoms with Crippen molar-refractivity contribution < 1.29 is 19.4 Å². The zero-order valence-corrected chi connectivity index (χ0v) is 21.5. The van der Waals surface area contributed by atoms with Crippen LogP contribution >= 0.6 is 0 Å². The monoisotopic (exact) mass is 484 g/mol. The van der Waals surface area contributed by atoms with Gasteiger partial charge in [0, 0.05) is 38.0 Å². The zero-order chi connectivity index (χ0) is 25.9. The van der Waals surface area contributed by atoms with Crippen LogP contribution in [-0.2, 0) is 27.9 Å². The molecule has 0 aliphatic heterocycles. The van der Waals surface area contributed by atoms with Gasteiger partial charge < -0.3 is 23.7 Å². The summed E-state index contributed by atoms with van der Waals surface area (Å²) in [6.45, 7) is 9.82. The van der Waals surface area contributed by atoms with Gasteiger partial charge in [-0.25, -0.2) is 4.98 Å². The third-order valence-electron chi connectivity index (χ3n) is 5.84. The molecule has 0 amide bonds.